The number of piperazine rings is 1. The van der Waals surface area contributed by atoms with E-state index in [2.05, 4.69) is 9.80 Å². The Morgan fingerprint density at radius 2 is 1.72 bits per heavy atom. The van der Waals surface area contributed by atoms with Crippen molar-refractivity contribution in [1.29, 1.82) is 0 Å². The average molecular weight is 497 g/mol. The van der Waals surface area contributed by atoms with E-state index in [-0.39, 0.29) is 10.8 Å². The molecule has 0 saturated carbocycles. The summed E-state index contributed by atoms with van der Waals surface area (Å²) in [6.45, 7) is 5.37. The molecular weight excluding hydrogens is 468 g/mol. The first-order chi connectivity index (χ1) is 15.3. The minimum Gasteiger partial charge on any atom is -0.371 e. The van der Waals surface area contributed by atoms with Gasteiger partial charge in [-0.2, -0.15) is 0 Å². The van der Waals surface area contributed by atoms with Crippen LogP contribution in [-0.4, -0.2) is 81.8 Å². The molecular formula is C22H29ClN4O3S2. The number of anilines is 1. The smallest absolute Gasteiger partial charge is 0.256 e. The maximum atomic E-state index is 13.6. The van der Waals surface area contributed by atoms with Gasteiger partial charge in [0.05, 0.1) is 14.8 Å². The molecule has 174 valence electrons. The molecule has 0 bridgehead atoms. The second-order valence-electron chi connectivity index (χ2n) is 8.43. The lowest BCUT2D eigenvalue weighted by atomic mass is 10.1. The lowest BCUT2D eigenvalue weighted by Gasteiger charge is -2.35. The van der Waals surface area contributed by atoms with Crippen molar-refractivity contribution in [3.8, 4) is 0 Å². The van der Waals surface area contributed by atoms with Gasteiger partial charge in [-0.1, -0.05) is 11.6 Å². The zero-order valence-electron chi connectivity index (χ0n) is 18.5. The second kappa shape index (κ2) is 9.69. The van der Waals surface area contributed by atoms with Crippen LogP contribution in [0.3, 0.4) is 0 Å². The molecule has 0 unspecified atom stereocenters. The van der Waals surface area contributed by atoms with E-state index in [9.17, 15) is 13.2 Å². The highest BCUT2D eigenvalue weighted by atomic mass is 35.5. The van der Waals surface area contributed by atoms with Crippen molar-refractivity contribution in [2.75, 3.05) is 58.3 Å². The van der Waals surface area contributed by atoms with Crippen LogP contribution in [0.25, 0.3) is 0 Å². The van der Waals surface area contributed by atoms with Crippen LogP contribution < -0.4 is 4.90 Å². The molecule has 0 N–H and O–H groups in total. The van der Waals surface area contributed by atoms with Crippen LogP contribution in [0, 0.1) is 0 Å². The number of benzene rings is 1. The first-order valence-electron chi connectivity index (χ1n) is 10.8. The summed E-state index contributed by atoms with van der Waals surface area (Å²) < 4.78 is 27.4. The molecule has 1 aromatic heterocycles. The largest absolute Gasteiger partial charge is 0.371 e. The number of nitrogens with zero attached hydrogens (tertiary/aromatic N) is 4. The quantitative estimate of drug-likeness (QED) is 0.614. The van der Waals surface area contributed by atoms with Crippen LogP contribution in [0.1, 0.15) is 28.1 Å². The van der Waals surface area contributed by atoms with Gasteiger partial charge in [0.25, 0.3) is 5.91 Å². The van der Waals surface area contributed by atoms with Crippen molar-refractivity contribution in [2.24, 2.45) is 0 Å². The Morgan fingerprint density at radius 1 is 1.03 bits per heavy atom. The van der Waals surface area contributed by atoms with Crippen molar-refractivity contribution >= 4 is 44.6 Å². The van der Waals surface area contributed by atoms with Gasteiger partial charge in [0, 0.05) is 70.5 Å². The fraction of sp³-hybridized carbons (Fsp3) is 0.500. The number of carbonyl (C=O) groups excluding carboxylic acids is 1. The van der Waals surface area contributed by atoms with Crippen LogP contribution >= 0.6 is 22.9 Å². The van der Waals surface area contributed by atoms with Crippen molar-refractivity contribution < 1.29 is 13.2 Å². The summed E-state index contributed by atoms with van der Waals surface area (Å²) in [4.78, 5) is 21.3. The first kappa shape index (κ1) is 23.5. The Bertz CT molecular complexity index is 1070. The molecule has 2 saturated heterocycles. The van der Waals surface area contributed by atoms with E-state index in [0.29, 0.717) is 18.7 Å². The monoisotopic (exact) mass is 496 g/mol. The van der Waals surface area contributed by atoms with Crippen LogP contribution in [0.4, 0.5) is 5.69 Å². The van der Waals surface area contributed by atoms with Crippen LogP contribution in [0.15, 0.2) is 35.2 Å². The van der Waals surface area contributed by atoms with Crippen molar-refractivity contribution in [3.05, 3.63) is 45.1 Å². The van der Waals surface area contributed by atoms with E-state index in [0.717, 1.165) is 55.6 Å². The van der Waals surface area contributed by atoms with Gasteiger partial charge in [-0.15, -0.1) is 11.3 Å². The van der Waals surface area contributed by atoms with Gasteiger partial charge in [-0.05, 0) is 43.2 Å². The minimum absolute atomic E-state index is 0.0958. The Kier molecular flexibility index (Phi) is 7.11. The summed E-state index contributed by atoms with van der Waals surface area (Å²) in [5.74, 6) is -0.0958. The average Bonchev–Trinajstić information content (AvgIpc) is 3.45. The lowest BCUT2D eigenvalue weighted by molar-refractivity contribution is 0.0630. The van der Waals surface area contributed by atoms with Gasteiger partial charge < -0.3 is 9.80 Å². The fourth-order valence-electron chi connectivity index (χ4n) is 4.23. The molecule has 3 heterocycles. The highest BCUT2D eigenvalue weighted by Crippen LogP contribution is 2.30. The molecule has 0 atom stereocenters. The van der Waals surface area contributed by atoms with E-state index in [4.69, 9.17) is 11.6 Å². The van der Waals surface area contributed by atoms with Gasteiger partial charge in [0.2, 0.25) is 10.0 Å². The molecule has 0 spiro atoms. The highest BCUT2D eigenvalue weighted by molar-refractivity contribution is 7.89. The molecule has 7 nitrogen and oxygen atoms in total. The molecule has 1 aromatic carbocycles. The molecule has 2 aromatic rings. The Hall–Kier alpha value is -1.65. The Labute approximate surface area is 199 Å². The van der Waals surface area contributed by atoms with E-state index < -0.39 is 10.0 Å². The number of hydrogen-bond acceptors (Lipinski definition) is 6. The van der Waals surface area contributed by atoms with E-state index in [1.807, 2.05) is 17.0 Å². The fourth-order valence-corrected chi connectivity index (χ4v) is 6.29. The molecule has 32 heavy (non-hydrogen) atoms. The Balaban J connectivity index is 1.53. The van der Waals surface area contributed by atoms with E-state index >= 15 is 0 Å². The number of sulfonamides is 1. The van der Waals surface area contributed by atoms with Gasteiger partial charge in [-0.25, -0.2) is 12.7 Å². The number of rotatable bonds is 6. The number of amides is 1. The number of halogens is 1. The first-order valence-corrected chi connectivity index (χ1v) is 13.5. The number of hydrogen-bond donors (Lipinski definition) is 0. The zero-order chi connectivity index (χ0) is 22.9. The molecule has 1 amide bonds. The van der Waals surface area contributed by atoms with Crippen LogP contribution in [0.5, 0.6) is 0 Å². The Morgan fingerprint density at radius 3 is 2.31 bits per heavy atom. The third-order valence-electron chi connectivity index (χ3n) is 6.09. The normalized spacial score (nSPS) is 18.0. The third-order valence-corrected chi connectivity index (χ3v) is 9.12. The zero-order valence-corrected chi connectivity index (χ0v) is 20.8. The minimum atomic E-state index is -3.62. The standard InChI is InChI=1S/C22H29ClN4O3S2/c1-24(2)32(29,30)18-6-7-20(26-9-3-4-10-26)19(15-18)22(28)27-13-11-25(12-14-27)16-17-5-8-21(23)31-17/h5-8,15H,3-4,9-14,16H2,1-2H3. The maximum absolute atomic E-state index is 13.6. The summed E-state index contributed by atoms with van der Waals surface area (Å²) in [7, 11) is -0.609. The van der Waals surface area contributed by atoms with Gasteiger partial charge in [-0.3, -0.25) is 9.69 Å². The summed E-state index contributed by atoms with van der Waals surface area (Å²) in [5.41, 5.74) is 1.31. The summed E-state index contributed by atoms with van der Waals surface area (Å²) in [6.07, 6.45) is 2.16. The molecule has 10 heteroatoms. The number of carbonyl (C=O) groups is 1. The summed E-state index contributed by atoms with van der Waals surface area (Å²) in [5, 5.41) is 0. The predicted octanol–water partition coefficient (Wildman–Crippen LogP) is 3.21. The third kappa shape index (κ3) is 4.97. The topological polar surface area (TPSA) is 64.2 Å². The molecule has 2 aliphatic heterocycles. The van der Waals surface area contributed by atoms with E-state index in [1.165, 1.54) is 23.3 Å². The van der Waals surface area contributed by atoms with Gasteiger partial charge >= 0.3 is 0 Å². The maximum Gasteiger partial charge on any atom is 0.256 e. The summed E-state index contributed by atoms with van der Waals surface area (Å²) in [6, 6.07) is 8.93. The van der Waals surface area contributed by atoms with Gasteiger partial charge in [0.1, 0.15) is 0 Å². The summed E-state index contributed by atoms with van der Waals surface area (Å²) >= 11 is 7.63. The SMILES string of the molecule is CN(C)S(=O)(=O)c1ccc(N2CCCC2)c(C(=O)N2CCN(Cc3ccc(Cl)s3)CC2)c1. The molecule has 0 aliphatic carbocycles. The lowest BCUT2D eigenvalue weighted by Crippen LogP contribution is -2.48. The van der Waals surface area contributed by atoms with Crippen molar-refractivity contribution in [2.45, 2.75) is 24.3 Å². The van der Waals surface area contributed by atoms with Crippen LogP contribution in [-0.2, 0) is 16.6 Å². The molecule has 4 rings (SSSR count). The molecule has 0 radical (unpaired) electrons. The predicted molar refractivity (Wildman–Crippen MR) is 129 cm³/mol. The highest BCUT2D eigenvalue weighted by Gasteiger charge is 2.29. The van der Waals surface area contributed by atoms with Crippen LogP contribution in [0.2, 0.25) is 4.34 Å². The second-order valence-corrected chi connectivity index (χ2v) is 12.4. The van der Waals surface area contributed by atoms with Crippen molar-refractivity contribution in [1.82, 2.24) is 14.1 Å². The number of thiophene rings is 1. The van der Waals surface area contributed by atoms with Crippen molar-refractivity contribution in [3.63, 3.8) is 0 Å². The molecule has 2 aliphatic rings. The van der Waals surface area contributed by atoms with Gasteiger partial charge in [0.15, 0.2) is 0 Å². The van der Waals surface area contributed by atoms with E-state index in [1.54, 1.807) is 29.5 Å². The molecule has 2 fully saturated rings.